The van der Waals surface area contributed by atoms with Crippen molar-refractivity contribution in [3.63, 3.8) is 0 Å². The van der Waals surface area contributed by atoms with Gasteiger partial charge in [-0.25, -0.2) is 9.37 Å². The maximum absolute atomic E-state index is 13.9. The smallest absolute Gasteiger partial charge is 0.227 e. The zero-order valence-electron chi connectivity index (χ0n) is 12.0. The number of halogens is 1. The van der Waals surface area contributed by atoms with Gasteiger partial charge in [-0.05, 0) is 20.3 Å². The molecule has 2 N–H and O–H groups in total. The van der Waals surface area contributed by atoms with Crippen molar-refractivity contribution in [2.45, 2.75) is 20.3 Å². The number of carbonyl (C=O) groups is 1. The first-order valence-corrected chi connectivity index (χ1v) is 6.73. The van der Waals surface area contributed by atoms with E-state index in [0.717, 1.165) is 6.20 Å². The highest BCUT2D eigenvalue weighted by molar-refractivity contribution is 5.83. The summed E-state index contributed by atoms with van der Waals surface area (Å²) in [7, 11) is 1.62. The number of nitrogens with one attached hydrogen (secondary N) is 2. The highest BCUT2D eigenvalue weighted by Gasteiger charge is 2.41. The molecule has 2 heterocycles. The van der Waals surface area contributed by atoms with Crippen LogP contribution in [-0.4, -0.2) is 42.6 Å². The van der Waals surface area contributed by atoms with Crippen molar-refractivity contribution in [3.05, 3.63) is 12.0 Å². The van der Waals surface area contributed by atoms with Crippen LogP contribution in [0.5, 0.6) is 0 Å². The average Bonchev–Trinajstić information content (AvgIpc) is 2.84. The van der Waals surface area contributed by atoms with Crippen LogP contribution in [-0.2, 0) is 4.79 Å². The second kappa shape index (κ2) is 5.60. The number of nitrogens with zero attached hydrogens (tertiary/aromatic N) is 3. The largest absolute Gasteiger partial charge is 0.359 e. The molecule has 1 amide bonds. The van der Waals surface area contributed by atoms with Gasteiger partial charge in [-0.3, -0.25) is 4.79 Å². The van der Waals surface area contributed by atoms with Gasteiger partial charge >= 0.3 is 0 Å². The Labute approximate surface area is 117 Å². The molecular formula is C13H20FN5O. The molecule has 1 unspecified atom stereocenters. The van der Waals surface area contributed by atoms with Crippen LogP contribution in [0.25, 0.3) is 0 Å². The minimum atomic E-state index is -0.509. The van der Waals surface area contributed by atoms with Crippen LogP contribution in [0.4, 0.5) is 16.2 Å². The molecule has 20 heavy (non-hydrogen) atoms. The summed E-state index contributed by atoms with van der Waals surface area (Å²) >= 11 is 0. The molecule has 0 aliphatic carbocycles. The summed E-state index contributed by atoms with van der Waals surface area (Å²) in [6, 6.07) is 0. The lowest BCUT2D eigenvalue weighted by molar-refractivity contribution is -0.128. The van der Waals surface area contributed by atoms with Gasteiger partial charge in [0.25, 0.3) is 0 Å². The molecule has 1 atom stereocenters. The van der Waals surface area contributed by atoms with Crippen molar-refractivity contribution < 1.29 is 9.18 Å². The fraction of sp³-hybridized carbons (Fsp3) is 0.615. The lowest BCUT2D eigenvalue weighted by Crippen LogP contribution is -2.39. The van der Waals surface area contributed by atoms with Crippen LogP contribution in [0, 0.1) is 11.2 Å². The summed E-state index contributed by atoms with van der Waals surface area (Å²) in [5.41, 5.74) is -0.509. The van der Waals surface area contributed by atoms with Gasteiger partial charge in [-0.1, -0.05) is 0 Å². The van der Waals surface area contributed by atoms with Gasteiger partial charge in [0.2, 0.25) is 11.9 Å². The Bertz CT molecular complexity index is 510. The number of hydrogen-bond donors (Lipinski definition) is 2. The summed E-state index contributed by atoms with van der Waals surface area (Å²) in [6.07, 6.45) is 1.84. The molecule has 7 heteroatoms. The molecule has 0 spiro atoms. The van der Waals surface area contributed by atoms with Crippen molar-refractivity contribution in [3.8, 4) is 0 Å². The fourth-order valence-corrected chi connectivity index (χ4v) is 2.45. The lowest BCUT2D eigenvalue weighted by Gasteiger charge is -2.23. The van der Waals surface area contributed by atoms with E-state index in [-0.39, 0.29) is 11.7 Å². The predicted molar refractivity (Wildman–Crippen MR) is 75.2 cm³/mol. The summed E-state index contributed by atoms with van der Waals surface area (Å²) < 4.78 is 13.9. The van der Waals surface area contributed by atoms with Crippen molar-refractivity contribution in [1.29, 1.82) is 0 Å². The average molecular weight is 281 g/mol. The van der Waals surface area contributed by atoms with E-state index < -0.39 is 11.2 Å². The molecule has 1 aliphatic heterocycles. The predicted octanol–water partition coefficient (Wildman–Crippen LogP) is 1.01. The minimum Gasteiger partial charge on any atom is -0.359 e. The van der Waals surface area contributed by atoms with Gasteiger partial charge in [0.15, 0.2) is 11.6 Å². The number of rotatable bonds is 4. The number of hydrogen-bond acceptors (Lipinski definition) is 5. The Morgan fingerprint density at radius 1 is 1.60 bits per heavy atom. The monoisotopic (exact) mass is 281 g/mol. The van der Waals surface area contributed by atoms with Crippen molar-refractivity contribution in [1.82, 2.24) is 15.3 Å². The first-order valence-electron chi connectivity index (χ1n) is 6.73. The zero-order valence-corrected chi connectivity index (χ0v) is 12.0. The molecule has 0 saturated carbocycles. The van der Waals surface area contributed by atoms with E-state index in [1.54, 1.807) is 11.9 Å². The second-order valence-electron chi connectivity index (χ2n) is 5.21. The van der Waals surface area contributed by atoms with Gasteiger partial charge in [0.05, 0.1) is 11.6 Å². The van der Waals surface area contributed by atoms with Crippen molar-refractivity contribution in [2.24, 2.45) is 5.41 Å². The SMILES string of the molecule is CCNc1ncc(F)c(N2CCC(C)(C(=O)NC)C2)n1. The molecule has 1 aromatic heterocycles. The van der Waals surface area contributed by atoms with Crippen LogP contribution in [0.1, 0.15) is 20.3 Å². The van der Waals surface area contributed by atoms with E-state index in [1.165, 1.54) is 0 Å². The molecule has 1 saturated heterocycles. The molecule has 1 fully saturated rings. The third kappa shape index (κ3) is 2.66. The molecule has 6 nitrogen and oxygen atoms in total. The quantitative estimate of drug-likeness (QED) is 0.862. The normalized spacial score (nSPS) is 21.9. The number of carbonyl (C=O) groups excluding carboxylic acids is 1. The highest BCUT2D eigenvalue weighted by atomic mass is 19.1. The lowest BCUT2D eigenvalue weighted by atomic mass is 9.89. The van der Waals surface area contributed by atoms with E-state index in [9.17, 15) is 9.18 Å². The van der Waals surface area contributed by atoms with Gasteiger partial charge in [-0.15, -0.1) is 0 Å². The molecule has 110 valence electrons. The summed E-state index contributed by atoms with van der Waals surface area (Å²) in [5.74, 6) is 0.162. The highest BCUT2D eigenvalue weighted by Crippen LogP contribution is 2.33. The molecule has 0 radical (unpaired) electrons. The molecular weight excluding hydrogens is 261 g/mol. The zero-order chi connectivity index (χ0) is 14.8. The van der Waals surface area contributed by atoms with Gasteiger partial charge < -0.3 is 15.5 Å². The molecule has 1 aromatic rings. The van der Waals surface area contributed by atoms with Crippen LogP contribution in [0.15, 0.2) is 6.20 Å². The number of aromatic nitrogens is 2. The van der Waals surface area contributed by atoms with E-state index in [2.05, 4.69) is 20.6 Å². The first kappa shape index (κ1) is 14.5. The van der Waals surface area contributed by atoms with Gasteiger partial charge in [0, 0.05) is 26.7 Å². The summed E-state index contributed by atoms with van der Waals surface area (Å²) in [5, 5.41) is 5.62. The molecule has 1 aliphatic rings. The fourth-order valence-electron chi connectivity index (χ4n) is 2.45. The molecule has 2 rings (SSSR count). The third-order valence-electron chi connectivity index (χ3n) is 3.61. The molecule has 0 aromatic carbocycles. The van der Waals surface area contributed by atoms with Crippen LogP contribution in [0.2, 0.25) is 0 Å². The van der Waals surface area contributed by atoms with E-state index in [4.69, 9.17) is 0 Å². The topological polar surface area (TPSA) is 70.2 Å². The maximum Gasteiger partial charge on any atom is 0.227 e. The number of amides is 1. The van der Waals surface area contributed by atoms with Crippen LogP contribution < -0.4 is 15.5 Å². The van der Waals surface area contributed by atoms with Crippen LogP contribution >= 0.6 is 0 Å². The minimum absolute atomic E-state index is 0.0265. The van der Waals surface area contributed by atoms with E-state index >= 15 is 0 Å². The Kier molecular flexibility index (Phi) is 4.06. The van der Waals surface area contributed by atoms with Crippen molar-refractivity contribution in [2.75, 3.05) is 36.9 Å². The number of anilines is 2. The maximum atomic E-state index is 13.9. The second-order valence-corrected chi connectivity index (χ2v) is 5.21. The molecule has 0 bridgehead atoms. The van der Waals surface area contributed by atoms with E-state index in [1.807, 2.05) is 13.8 Å². The Morgan fingerprint density at radius 3 is 3.00 bits per heavy atom. The summed E-state index contributed by atoms with van der Waals surface area (Å²) in [6.45, 7) is 5.53. The van der Waals surface area contributed by atoms with Gasteiger partial charge in [0.1, 0.15) is 0 Å². The van der Waals surface area contributed by atoms with Crippen molar-refractivity contribution >= 4 is 17.7 Å². The van der Waals surface area contributed by atoms with Gasteiger partial charge in [-0.2, -0.15) is 4.98 Å². The third-order valence-corrected chi connectivity index (χ3v) is 3.61. The first-order chi connectivity index (χ1) is 9.50. The summed E-state index contributed by atoms with van der Waals surface area (Å²) in [4.78, 5) is 21.8. The van der Waals surface area contributed by atoms with Crippen LogP contribution in [0.3, 0.4) is 0 Å². The standard InChI is InChI=1S/C13H20FN5O/c1-4-16-12-17-7-9(14)10(18-12)19-6-5-13(2,8-19)11(20)15-3/h7H,4-6,8H2,1-3H3,(H,15,20)(H,16,17,18). The Morgan fingerprint density at radius 2 is 2.35 bits per heavy atom. The Hall–Kier alpha value is -1.92. The Balaban J connectivity index is 2.21. The van der Waals surface area contributed by atoms with E-state index in [0.29, 0.717) is 32.0 Å².